The Labute approximate surface area is 141 Å². The number of carbonyl (C=O) groups is 1. The van der Waals surface area contributed by atoms with Crippen LogP contribution in [-0.2, 0) is 11.3 Å². The number of quaternary nitrogens is 1. The van der Waals surface area contributed by atoms with Gasteiger partial charge in [0.1, 0.15) is 12.2 Å². The quantitative estimate of drug-likeness (QED) is 0.690. The van der Waals surface area contributed by atoms with Gasteiger partial charge in [-0.15, -0.1) is 11.3 Å². The molecule has 124 valence electrons. The maximum Gasteiger partial charge on any atom is 0.275 e. The lowest BCUT2D eigenvalue weighted by molar-refractivity contribution is -0.904. The zero-order valence-electron chi connectivity index (χ0n) is 14.0. The van der Waals surface area contributed by atoms with Crippen LogP contribution in [0, 0.1) is 6.92 Å². The molecule has 0 aliphatic rings. The van der Waals surface area contributed by atoms with Crippen molar-refractivity contribution in [3.63, 3.8) is 0 Å². The highest BCUT2D eigenvalue weighted by Gasteiger charge is 2.14. The summed E-state index contributed by atoms with van der Waals surface area (Å²) in [7, 11) is 0. The van der Waals surface area contributed by atoms with Crippen LogP contribution in [0.1, 0.15) is 25.1 Å². The van der Waals surface area contributed by atoms with Gasteiger partial charge in [0.05, 0.1) is 6.54 Å². The normalized spacial score (nSPS) is 12.0. The number of amides is 1. The first-order valence-corrected chi connectivity index (χ1v) is 8.87. The molecule has 2 rings (SSSR count). The summed E-state index contributed by atoms with van der Waals surface area (Å²) >= 11 is 1.59. The number of thiazole rings is 1. The second-order valence-corrected chi connectivity index (χ2v) is 6.40. The average molecular weight is 333 g/mol. The lowest BCUT2D eigenvalue weighted by atomic mass is 10.2. The Hall–Kier alpha value is -1.92. The number of rotatable bonds is 8. The van der Waals surface area contributed by atoms with Gasteiger partial charge in [-0.3, -0.25) is 4.79 Å². The number of likely N-dealkylation sites (N-methyl/N-ethyl adjacent to an activating group) is 2. The molecule has 0 radical (unpaired) electrons. The standard InChI is InChI=1S/C17H24N4OS/c1-4-18-16(22)11-21(5-2)10-15-12-23-17(20-15)19-14-8-6-13(3)7-9-14/h6-9,12H,4-5,10-11H2,1-3H3,(H,18,22)(H,19,20)/p+1. The summed E-state index contributed by atoms with van der Waals surface area (Å²) in [6, 6.07) is 8.25. The molecular formula is C17H25N4OS+. The molecule has 0 aliphatic carbocycles. The molecule has 0 fully saturated rings. The van der Waals surface area contributed by atoms with Crippen LogP contribution in [0.15, 0.2) is 29.6 Å². The third-order valence-electron chi connectivity index (χ3n) is 3.57. The highest BCUT2D eigenvalue weighted by molar-refractivity contribution is 7.13. The molecule has 0 spiro atoms. The van der Waals surface area contributed by atoms with E-state index < -0.39 is 0 Å². The molecule has 6 heteroatoms. The maximum atomic E-state index is 11.7. The van der Waals surface area contributed by atoms with E-state index in [2.05, 4.69) is 59.1 Å². The zero-order chi connectivity index (χ0) is 16.7. The van der Waals surface area contributed by atoms with Gasteiger partial charge < -0.3 is 15.5 Å². The fourth-order valence-corrected chi connectivity index (χ4v) is 2.99. The lowest BCUT2D eigenvalue weighted by Gasteiger charge is -2.15. The number of anilines is 2. The van der Waals surface area contributed by atoms with Crippen LogP contribution in [0.25, 0.3) is 0 Å². The first-order valence-electron chi connectivity index (χ1n) is 7.99. The molecule has 0 saturated heterocycles. The second kappa shape index (κ2) is 8.64. The van der Waals surface area contributed by atoms with Crippen LogP contribution in [0.4, 0.5) is 10.8 Å². The number of aromatic nitrogens is 1. The summed E-state index contributed by atoms with van der Waals surface area (Å²) in [5.41, 5.74) is 3.30. The Bertz CT molecular complexity index is 624. The maximum absolute atomic E-state index is 11.7. The molecule has 3 N–H and O–H groups in total. The summed E-state index contributed by atoms with van der Waals surface area (Å²) in [4.78, 5) is 17.5. The summed E-state index contributed by atoms with van der Waals surface area (Å²) < 4.78 is 0. The SMILES string of the molecule is CCNC(=O)C[NH+](CC)Cc1csc(Nc2ccc(C)cc2)n1. The minimum Gasteiger partial charge on any atom is -0.351 e. The third kappa shape index (κ3) is 5.65. The molecule has 1 unspecified atom stereocenters. The molecule has 23 heavy (non-hydrogen) atoms. The van der Waals surface area contributed by atoms with Crippen molar-refractivity contribution in [1.29, 1.82) is 0 Å². The van der Waals surface area contributed by atoms with Gasteiger partial charge in [-0.1, -0.05) is 17.7 Å². The number of nitrogens with zero attached hydrogens (tertiary/aromatic N) is 1. The van der Waals surface area contributed by atoms with E-state index in [4.69, 9.17) is 0 Å². The molecule has 0 aliphatic heterocycles. The Morgan fingerprint density at radius 3 is 2.65 bits per heavy atom. The predicted molar refractivity (Wildman–Crippen MR) is 95.3 cm³/mol. The van der Waals surface area contributed by atoms with Gasteiger partial charge in [-0.25, -0.2) is 4.98 Å². The number of nitrogens with one attached hydrogen (secondary N) is 3. The van der Waals surface area contributed by atoms with Gasteiger partial charge in [0.15, 0.2) is 11.7 Å². The van der Waals surface area contributed by atoms with Gasteiger partial charge in [0.25, 0.3) is 5.91 Å². The van der Waals surface area contributed by atoms with E-state index in [0.717, 1.165) is 29.6 Å². The number of hydrogen-bond acceptors (Lipinski definition) is 4. The second-order valence-electron chi connectivity index (χ2n) is 5.55. The van der Waals surface area contributed by atoms with Crippen molar-refractivity contribution >= 4 is 28.1 Å². The van der Waals surface area contributed by atoms with E-state index in [1.165, 1.54) is 10.5 Å². The van der Waals surface area contributed by atoms with Crippen LogP contribution in [0.2, 0.25) is 0 Å². The van der Waals surface area contributed by atoms with E-state index in [-0.39, 0.29) is 5.91 Å². The van der Waals surface area contributed by atoms with E-state index in [1.54, 1.807) is 11.3 Å². The summed E-state index contributed by atoms with van der Waals surface area (Å²) in [5, 5.41) is 9.12. The van der Waals surface area contributed by atoms with Crippen molar-refractivity contribution < 1.29 is 9.69 Å². The predicted octanol–water partition coefficient (Wildman–Crippen LogP) is 1.74. The molecule has 0 saturated carbocycles. The van der Waals surface area contributed by atoms with Crippen LogP contribution in [0.3, 0.4) is 0 Å². The first-order chi connectivity index (χ1) is 11.1. The molecule has 1 heterocycles. The van der Waals surface area contributed by atoms with E-state index >= 15 is 0 Å². The van der Waals surface area contributed by atoms with Crippen LogP contribution < -0.4 is 15.5 Å². The summed E-state index contributed by atoms with van der Waals surface area (Å²) in [5.74, 6) is 0.0950. The van der Waals surface area contributed by atoms with Crippen molar-refractivity contribution in [1.82, 2.24) is 10.3 Å². The lowest BCUT2D eigenvalue weighted by Crippen LogP contribution is -3.11. The van der Waals surface area contributed by atoms with Gasteiger partial charge in [-0.05, 0) is 32.9 Å². The number of hydrogen-bond donors (Lipinski definition) is 3. The highest BCUT2D eigenvalue weighted by Crippen LogP contribution is 2.20. The smallest absolute Gasteiger partial charge is 0.275 e. The topological polar surface area (TPSA) is 58.5 Å². The minimum atomic E-state index is 0.0950. The monoisotopic (exact) mass is 333 g/mol. The highest BCUT2D eigenvalue weighted by atomic mass is 32.1. The molecule has 2 aromatic rings. The average Bonchev–Trinajstić information content (AvgIpc) is 2.96. The third-order valence-corrected chi connectivity index (χ3v) is 4.38. The first kappa shape index (κ1) is 17.4. The van der Waals surface area contributed by atoms with Crippen molar-refractivity contribution in [2.45, 2.75) is 27.3 Å². The van der Waals surface area contributed by atoms with Crippen molar-refractivity contribution in [3.8, 4) is 0 Å². The fraction of sp³-hybridized carbons (Fsp3) is 0.412. The molecular weight excluding hydrogens is 308 g/mol. The summed E-state index contributed by atoms with van der Waals surface area (Å²) in [6.07, 6.45) is 0. The van der Waals surface area contributed by atoms with Gasteiger partial charge in [-0.2, -0.15) is 0 Å². The largest absolute Gasteiger partial charge is 0.351 e. The molecule has 0 bridgehead atoms. The Kier molecular flexibility index (Phi) is 6.55. The van der Waals surface area contributed by atoms with Crippen molar-refractivity contribution in [2.75, 3.05) is 25.0 Å². The Morgan fingerprint density at radius 2 is 2.00 bits per heavy atom. The summed E-state index contributed by atoms with van der Waals surface area (Å²) in [6.45, 7) is 8.93. The van der Waals surface area contributed by atoms with Crippen molar-refractivity contribution in [2.24, 2.45) is 0 Å². The van der Waals surface area contributed by atoms with E-state index in [9.17, 15) is 4.79 Å². The van der Waals surface area contributed by atoms with Crippen molar-refractivity contribution in [3.05, 3.63) is 40.9 Å². The fourth-order valence-electron chi connectivity index (χ4n) is 2.26. The number of benzene rings is 1. The van der Waals surface area contributed by atoms with Crippen LogP contribution >= 0.6 is 11.3 Å². The van der Waals surface area contributed by atoms with Gasteiger partial charge in [0.2, 0.25) is 0 Å². The van der Waals surface area contributed by atoms with Gasteiger partial charge in [0, 0.05) is 17.6 Å². The van der Waals surface area contributed by atoms with Gasteiger partial charge >= 0.3 is 0 Å². The van der Waals surface area contributed by atoms with Crippen LogP contribution in [-0.4, -0.2) is 30.5 Å². The molecule has 1 aromatic heterocycles. The molecule has 5 nitrogen and oxygen atoms in total. The van der Waals surface area contributed by atoms with E-state index in [1.807, 2.05) is 6.92 Å². The minimum absolute atomic E-state index is 0.0950. The number of aryl methyl sites for hydroxylation is 1. The number of carbonyl (C=O) groups excluding carboxylic acids is 1. The Balaban J connectivity index is 1.92. The van der Waals surface area contributed by atoms with E-state index in [0.29, 0.717) is 13.1 Å². The zero-order valence-corrected chi connectivity index (χ0v) is 14.8. The molecule has 1 atom stereocenters. The molecule has 1 aromatic carbocycles. The molecule has 1 amide bonds. The van der Waals surface area contributed by atoms with Crippen LogP contribution in [0.5, 0.6) is 0 Å². The Morgan fingerprint density at radius 1 is 1.26 bits per heavy atom.